The van der Waals surface area contributed by atoms with Crippen molar-refractivity contribution in [1.82, 2.24) is 4.31 Å². The molecule has 0 spiro atoms. The Bertz CT molecular complexity index is 1020. The van der Waals surface area contributed by atoms with Gasteiger partial charge in [-0.2, -0.15) is 0 Å². The molecule has 0 unspecified atom stereocenters. The Hall–Kier alpha value is -3.04. The molecule has 10 heteroatoms. The lowest BCUT2D eigenvalue weighted by Gasteiger charge is -2.25. The number of benzene rings is 2. The smallest absolute Gasteiger partial charge is 0.354 e. The fourth-order valence-corrected chi connectivity index (χ4v) is 3.96. The van der Waals surface area contributed by atoms with Gasteiger partial charge in [0.25, 0.3) is 10.0 Å². The summed E-state index contributed by atoms with van der Waals surface area (Å²) in [6, 6.07) is 12.2. The van der Waals surface area contributed by atoms with Crippen LogP contribution in [0.15, 0.2) is 65.7 Å². The second-order valence-corrected chi connectivity index (χ2v) is 8.13. The fraction of sp³-hybridized carbons (Fsp3) is 0.200. The maximum absolute atomic E-state index is 13.2. The number of nitrogens with zero attached hydrogens (tertiary/aromatic N) is 1. The fourth-order valence-electron chi connectivity index (χ4n) is 2.47. The van der Waals surface area contributed by atoms with Gasteiger partial charge in [-0.3, -0.25) is 9.10 Å². The van der Waals surface area contributed by atoms with Crippen molar-refractivity contribution in [3.05, 3.63) is 66.4 Å². The van der Waals surface area contributed by atoms with Crippen molar-refractivity contribution in [2.75, 3.05) is 25.4 Å². The molecular weight excluding hydrogens is 432 g/mol. The lowest BCUT2D eigenvalue weighted by atomic mass is 10.2. The summed E-state index contributed by atoms with van der Waals surface area (Å²) in [4.78, 5) is 23.4. The number of hydrogen-bond donors (Lipinski definition) is 1. The van der Waals surface area contributed by atoms with Gasteiger partial charge in [-0.15, -0.1) is 11.6 Å². The monoisotopic (exact) mass is 452 g/mol. The summed E-state index contributed by atoms with van der Waals surface area (Å²) < 4.78 is 37.0. The van der Waals surface area contributed by atoms with Crippen molar-refractivity contribution < 1.29 is 27.5 Å². The molecule has 8 nitrogen and oxygen atoms in total. The maximum atomic E-state index is 13.2. The molecule has 2 aromatic carbocycles. The van der Waals surface area contributed by atoms with Gasteiger partial charge in [-0.05, 0) is 42.0 Å². The predicted octanol–water partition coefficient (Wildman–Crippen LogP) is 2.75. The quantitative estimate of drug-likeness (QED) is 0.356. The van der Waals surface area contributed by atoms with Crippen LogP contribution in [-0.4, -0.2) is 44.7 Å². The van der Waals surface area contributed by atoms with E-state index in [0.29, 0.717) is 17.0 Å². The third-order valence-electron chi connectivity index (χ3n) is 4.05. The summed E-state index contributed by atoms with van der Waals surface area (Å²) >= 11 is 5.46. The lowest BCUT2D eigenvalue weighted by molar-refractivity contribution is -0.137. The second kappa shape index (κ2) is 10.1. The van der Waals surface area contributed by atoms with E-state index in [9.17, 15) is 18.0 Å². The summed E-state index contributed by atoms with van der Waals surface area (Å²) in [5.74, 6) is -0.943. The SMILES string of the molecule is C=C(C(=O)OC)N(Cc1ccc(NC(=O)CCl)cc1)S(=O)(=O)c1ccc(OC)cc1. The Kier molecular flexibility index (Phi) is 7.85. The van der Waals surface area contributed by atoms with Crippen LogP contribution in [0.2, 0.25) is 0 Å². The number of methoxy groups -OCH3 is 2. The molecule has 160 valence electrons. The normalized spacial score (nSPS) is 10.8. The van der Waals surface area contributed by atoms with Gasteiger partial charge in [0.1, 0.15) is 17.3 Å². The van der Waals surface area contributed by atoms with Crippen molar-refractivity contribution in [2.45, 2.75) is 11.4 Å². The van der Waals surface area contributed by atoms with Gasteiger partial charge in [-0.1, -0.05) is 18.7 Å². The Balaban J connectivity index is 2.36. The zero-order valence-electron chi connectivity index (χ0n) is 16.4. The zero-order chi connectivity index (χ0) is 22.3. The molecule has 0 fully saturated rings. The van der Waals surface area contributed by atoms with Crippen LogP contribution in [0, 0.1) is 0 Å². The average molecular weight is 453 g/mol. The van der Waals surface area contributed by atoms with Gasteiger partial charge in [-0.25, -0.2) is 13.2 Å². The van der Waals surface area contributed by atoms with E-state index in [1.807, 2.05) is 0 Å². The third kappa shape index (κ3) is 5.52. The molecule has 0 aliphatic heterocycles. The van der Waals surface area contributed by atoms with Crippen LogP contribution in [0.5, 0.6) is 5.75 Å². The number of rotatable bonds is 9. The lowest BCUT2D eigenvalue weighted by Crippen LogP contribution is -2.33. The van der Waals surface area contributed by atoms with E-state index in [4.69, 9.17) is 16.3 Å². The third-order valence-corrected chi connectivity index (χ3v) is 6.10. The Morgan fingerprint density at radius 1 is 1.07 bits per heavy atom. The number of amides is 1. The standard InChI is InChI=1S/C20H21ClN2O6S/c1-14(20(25)29-3)23(30(26,27)18-10-8-17(28-2)9-11-18)13-15-4-6-16(7-5-15)22-19(24)12-21/h4-11H,1,12-13H2,2-3H3,(H,22,24). The van der Waals surface area contributed by atoms with Gasteiger partial charge < -0.3 is 14.8 Å². The topological polar surface area (TPSA) is 102 Å². The molecule has 2 rings (SSSR count). The number of hydrogen-bond acceptors (Lipinski definition) is 6. The molecule has 0 heterocycles. The molecule has 1 N–H and O–H groups in total. The summed E-state index contributed by atoms with van der Waals surface area (Å²) in [5, 5.41) is 2.58. The first-order chi connectivity index (χ1) is 14.2. The summed E-state index contributed by atoms with van der Waals surface area (Å²) in [6.07, 6.45) is 0. The molecular formula is C20H21ClN2O6S. The first kappa shape index (κ1) is 23.2. The van der Waals surface area contributed by atoms with Crippen LogP contribution >= 0.6 is 11.6 Å². The minimum absolute atomic E-state index is 0.0423. The summed E-state index contributed by atoms with van der Waals surface area (Å²) in [5.41, 5.74) is 0.717. The minimum Gasteiger partial charge on any atom is -0.497 e. The summed E-state index contributed by atoms with van der Waals surface area (Å²) in [6.45, 7) is 3.42. The van der Waals surface area contributed by atoms with E-state index >= 15 is 0 Å². The largest absolute Gasteiger partial charge is 0.497 e. The van der Waals surface area contributed by atoms with Crippen LogP contribution in [0.4, 0.5) is 5.69 Å². The Morgan fingerprint density at radius 3 is 2.17 bits per heavy atom. The molecule has 30 heavy (non-hydrogen) atoms. The number of nitrogens with one attached hydrogen (secondary N) is 1. The van der Waals surface area contributed by atoms with Crippen LogP contribution in [0.3, 0.4) is 0 Å². The first-order valence-corrected chi connectivity index (χ1v) is 10.6. The van der Waals surface area contributed by atoms with Gasteiger partial charge in [0, 0.05) is 5.69 Å². The van der Waals surface area contributed by atoms with Crippen molar-refractivity contribution in [1.29, 1.82) is 0 Å². The number of ether oxygens (including phenoxy) is 2. The number of anilines is 1. The highest BCUT2D eigenvalue weighted by Gasteiger charge is 2.30. The Morgan fingerprint density at radius 2 is 1.67 bits per heavy atom. The number of sulfonamides is 1. The maximum Gasteiger partial charge on any atom is 0.354 e. The summed E-state index contributed by atoms with van der Waals surface area (Å²) in [7, 11) is -1.52. The van der Waals surface area contributed by atoms with E-state index in [1.165, 1.54) is 31.4 Å². The molecule has 0 bridgehead atoms. The van der Waals surface area contributed by atoms with Crippen LogP contribution in [0.1, 0.15) is 5.56 Å². The highest BCUT2D eigenvalue weighted by atomic mass is 35.5. The molecule has 0 radical (unpaired) electrons. The average Bonchev–Trinajstić information content (AvgIpc) is 2.77. The molecule has 2 aromatic rings. The van der Waals surface area contributed by atoms with Gasteiger partial charge >= 0.3 is 5.97 Å². The Labute approximate surface area is 180 Å². The van der Waals surface area contributed by atoms with Gasteiger partial charge in [0.2, 0.25) is 5.91 Å². The highest BCUT2D eigenvalue weighted by Crippen LogP contribution is 2.25. The van der Waals surface area contributed by atoms with E-state index < -0.39 is 16.0 Å². The minimum atomic E-state index is -4.12. The van der Waals surface area contributed by atoms with E-state index in [-0.39, 0.29) is 28.9 Å². The molecule has 1 amide bonds. The van der Waals surface area contributed by atoms with Gasteiger partial charge in [0.15, 0.2) is 0 Å². The molecule has 0 aliphatic carbocycles. The number of carbonyl (C=O) groups is 2. The predicted molar refractivity (Wildman–Crippen MR) is 113 cm³/mol. The van der Waals surface area contributed by atoms with Gasteiger partial charge in [0.05, 0.1) is 25.7 Å². The number of esters is 1. The first-order valence-electron chi connectivity index (χ1n) is 8.61. The molecule has 0 saturated carbocycles. The van der Waals surface area contributed by atoms with Crippen molar-refractivity contribution in [3.63, 3.8) is 0 Å². The van der Waals surface area contributed by atoms with Crippen LogP contribution in [0.25, 0.3) is 0 Å². The molecule has 0 atom stereocenters. The molecule has 0 aromatic heterocycles. The van der Waals surface area contributed by atoms with E-state index in [0.717, 1.165) is 11.4 Å². The molecule has 0 aliphatic rings. The zero-order valence-corrected chi connectivity index (χ0v) is 18.0. The highest BCUT2D eigenvalue weighted by molar-refractivity contribution is 7.89. The van der Waals surface area contributed by atoms with E-state index in [2.05, 4.69) is 16.6 Å². The van der Waals surface area contributed by atoms with Crippen LogP contribution in [-0.2, 0) is 30.9 Å². The number of alkyl halides is 1. The van der Waals surface area contributed by atoms with E-state index in [1.54, 1.807) is 24.3 Å². The van der Waals surface area contributed by atoms with Crippen molar-refractivity contribution in [2.24, 2.45) is 0 Å². The molecule has 0 saturated heterocycles. The van der Waals surface area contributed by atoms with Crippen molar-refractivity contribution in [3.8, 4) is 5.75 Å². The number of carbonyl (C=O) groups excluding carboxylic acids is 2. The van der Waals surface area contributed by atoms with Crippen LogP contribution < -0.4 is 10.1 Å². The second-order valence-electron chi connectivity index (χ2n) is 6.00. The number of halogens is 1. The van der Waals surface area contributed by atoms with Crippen molar-refractivity contribution >= 4 is 39.2 Å².